The Morgan fingerprint density at radius 2 is 1.83 bits per heavy atom. The first kappa shape index (κ1) is 22.0. The number of piperidine rings is 1. The fraction of sp³-hybridized carbons (Fsp3) is 0.640. The van der Waals surface area contributed by atoms with Gasteiger partial charge in [0.25, 0.3) is 5.91 Å². The lowest BCUT2D eigenvalue weighted by Gasteiger charge is -2.37. The molecule has 3 rings (SSSR count). The topological polar surface area (TPSA) is 52.6 Å². The lowest BCUT2D eigenvalue weighted by molar-refractivity contribution is -0.148. The number of nitrogens with one attached hydrogen (secondary N) is 1. The second kappa shape index (κ2) is 10.4. The number of hydrogen-bond donors (Lipinski definition) is 2. The number of likely N-dealkylation sites (tertiary alicyclic amines) is 1. The molecule has 2 N–H and O–H groups in total. The SMILES string of the molecule is CCC/C(C)=C\CN1CCC(NC(=O)C(O)(c2ccccc2)C2CCCC2)CC1. The van der Waals surface area contributed by atoms with Gasteiger partial charge in [-0.1, -0.05) is 68.2 Å². The molecule has 2 aliphatic rings. The van der Waals surface area contributed by atoms with Crippen molar-refractivity contribution < 1.29 is 9.90 Å². The summed E-state index contributed by atoms with van der Waals surface area (Å²) in [7, 11) is 0. The van der Waals surface area contributed by atoms with E-state index in [-0.39, 0.29) is 17.9 Å². The Kier molecular flexibility index (Phi) is 7.91. The van der Waals surface area contributed by atoms with Gasteiger partial charge in [-0.2, -0.15) is 0 Å². The maximum atomic E-state index is 13.3. The van der Waals surface area contributed by atoms with Crippen LogP contribution in [0.5, 0.6) is 0 Å². The van der Waals surface area contributed by atoms with E-state index in [2.05, 4.69) is 30.1 Å². The zero-order valence-electron chi connectivity index (χ0n) is 18.2. The van der Waals surface area contributed by atoms with Crippen molar-refractivity contribution in [2.45, 2.75) is 76.9 Å². The van der Waals surface area contributed by atoms with Crippen molar-refractivity contribution in [3.05, 3.63) is 47.5 Å². The lowest BCUT2D eigenvalue weighted by Crippen LogP contribution is -2.54. The predicted octanol–water partition coefficient (Wildman–Crippen LogP) is 4.39. The summed E-state index contributed by atoms with van der Waals surface area (Å²) < 4.78 is 0. The zero-order valence-corrected chi connectivity index (χ0v) is 18.2. The van der Waals surface area contributed by atoms with Crippen LogP contribution in [-0.4, -0.2) is 41.6 Å². The quantitative estimate of drug-likeness (QED) is 0.639. The number of nitrogens with zero attached hydrogens (tertiary/aromatic N) is 1. The van der Waals surface area contributed by atoms with Crippen molar-refractivity contribution in [2.24, 2.45) is 5.92 Å². The smallest absolute Gasteiger partial charge is 0.257 e. The number of aliphatic hydroxyl groups is 1. The minimum atomic E-state index is -1.41. The summed E-state index contributed by atoms with van der Waals surface area (Å²) in [6.45, 7) is 7.42. The first-order chi connectivity index (χ1) is 14.0. The Bertz CT molecular complexity index is 673. The average Bonchev–Trinajstić information content (AvgIpc) is 3.29. The fourth-order valence-electron chi connectivity index (χ4n) is 4.92. The highest BCUT2D eigenvalue weighted by molar-refractivity contribution is 5.87. The number of benzene rings is 1. The van der Waals surface area contributed by atoms with Crippen molar-refractivity contribution in [2.75, 3.05) is 19.6 Å². The molecule has 4 nitrogen and oxygen atoms in total. The third-order valence-electron chi connectivity index (χ3n) is 6.77. The number of hydrogen-bond acceptors (Lipinski definition) is 3. The largest absolute Gasteiger partial charge is 0.375 e. The molecule has 2 fully saturated rings. The van der Waals surface area contributed by atoms with Gasteiger partial charge in [0.05, 0.1) is 0 Å². The van der Waals surface area contributed by atoms with Crippen LogP contribution in [0.3, 0.4) is 0 Å². The number of carbonyl (C=O) groups excluding carboxylic acids is 1. The van der Waals surface area contributed by atoms with Crippen molar-refractivity contribution in [1.82, 2.24) is 10.2 Å². The van der Waals surface area contributed by atoms with E-state index < -0.39 is 5.60 Å². The molecule has 1 aromatic carbocycles. The van der Waals surface area contributed by atoms with Crippen molar-refractivity contribution in [3.8, 4) is 0 Å². The molecule has 0 bridgehead atoms. The highest BCUT2D eigenvalue weighted by Gasteiger charge is 2.46. The van der Waals surface area contributed by atoms with Gasteiger partial charge in [-0.15, -0.1) is 0 Å². The minimum absolute atomic E-state index is 0.0108. The summed E-state index contributed by atoms with van der Waals surface area (Å²) in [4.78, 5) is 15.8. The fourth-order valence-corrected chi connectivity index (χ4v) is 4.92. The highest BCUT2D eigenvalue weighted by Crippen LogP contribution is 2.41. The van der Waals surface area contributed by atoms with Gasteiger partial charge in [0.15, 0.2) is 5.60 Å². The molecular formula is C25H38N2O2. The van der Waals surface area contributed by atoms with E-state index in [1.165, 1.54) is 18.4 Å². The van der Waals surface area contributed by atoms with E-state index in [1.54, 1.807) is 0 Å². The van der Waals surface area contributed by atoms with Crippen molar-refractivity contribution in [1.29, 1.82) is 0 Å². The molecule has 4 heteroatoms. The molecule has 1 aliphatic heterocycles. The van der Waals surface area contributed by atoms with Gasteiger partial charge in [0.2, 0.25) is 0 Å². The van der Waals surface area contributed by atoms with Crippen LogP contribution in [-0.2, 0) is 10.4 Å². The summed E-state index contributed by atoms with van der Waals surface area (Å²) in [6.07, 6.45) is 10.6. The molecule has 1 atom stereocenters. The summed E-state index contributed by atoms with van der Waals surface area (Å²) in [5, 5.41) is 14.8. The van der Waals surface area contributed by atoms with E-state index in [0.29, 0.717) is 0 Å². The standard InChI is InChI=1S/C25H38N2O2/c1-3-9-20(2)14-17-27-18-15-23(16-19-27)26-24(28)25(29,22-12-7-8-13-22)21-10-5-4-6-11-21/h4-6,10-11,14,22-23,29H,3,7-9,12-13,15-19H2,1-2H3,(H,26,28)/b20-14-. The third kappa shape index (κ3) is 5.49. The molecule has 0 aromatic heterocycles. The van der Waals surface area contributed by atoms with Crippen molar-refractivity contribution in [3.63, 3.8) is 0 Å². The van der Waals surface area contributed by atoms with E-state index >= 15 is 0 Å². The van der Waals surface area contributed by atoms with Crippen LogP contribution < -0.4 is 5.32 Å². The number of carbonyl (C=O) groups is 1. The first-order valence-corrected chi connectivity index (χ1v) is 11.5. The maximum absolute atomic E-state index is 13.3. The zero-order chi connectivity index (χ0) is 20.7. The lowest BCUT2D eigenvalue weighted by atomic mass is 9.79. The van der Waals surface area contributed by atoms with E-state index in [9.17, 15) is 9.90 Å². The van der Waals surface area contributed by atoms with Gasteiger partial charge in [0, 0.05) is 31.6 Å². The predicted molar refractivity (Wildman–Crippen MR) is 119 cm³/mol. The van der Waals surface area contributed by atoms with Gasteiger partial charge in [-0.05, 0) is 44.6 Å². The summed E-state index contributed by atoms with van der Waals surface area (Å²) in [6, 6.07) is 9.69. The molecule has 160 valence electrons. The number of allylic oxidation sites excluding steroid dienone is 1. The molecule has 1 amide bonds. The number of amides is 1. The van der Waals surface area contributed by atoms with E-state index in [1.807, 2.05) is 30.3 Å². The Hall–Kier alpha value is -1.65. The van der Waals surface area contributed by atoms with Crippen LogP contribution in [0.2, 0.25) is 0 Å². The Labute approximate surface area is 176 Å². The average molecular weight is 399 g/mol. The van der Waals surface area contributed by atoms with Gasteiger partial charge in [0.1, 0.15) is 0 Å². The number of rotatable bonds is 8. The third-order valence-corrected chi connectivity index (χ3v) is 6.77. The van der Waals surface area contributed by atoms with E-state index in [4.69, 9.17) is 0 Å². The van der Waals surface area contributed by atoms with Gasteiger partial charge in [-0.25, -0.2) is 0 Å². The molecule has 1 aliphatic carbocycles. The molecule has 1 heterocycles. The van der Waals surface area contributed by atoms with Gasteiger partial charge in [-0.3, -0.25) is 9.69 Å². The molecule has 1 aromatic rings. The molecule has 1 unspecified atom stereocenters. The van der Waals surface area contributed by atoms with Crippen LogP contribution in [0.15, 0.2) is 42.0 Å². The Morgan fingerprint density at radius 1 is 1.17 bits per heavy atom. The maximum Gasteiger partial charge on any atom is 0.257 e. The van der Waals surface area contributed by atoms with Crippen LogP contribution in [0, 0.1) is 5.92 Å². The second-order valence-electron chi connectivity index (χ2n) is 8.96. The molecular weight excluding hydrogens is 360 g/mol. The molecule has 0 spiro atoms. The molecule has 1 saturated carbocycles. The Balaban J connectivity index is 1.59. The van der Waals surface area contributed by atoms with E-state index in [0.717, 1.165) is 63.7 Å². The van der Waals surface area contributed by atoms with Crippen LogP contribution in [0.25, 0.3) is 0 Å². The highest BCUT2D eigenvalue weighted by atomic mass is 16.3. The normalized spacial score (nSPS) is 21.8. The summed E-state index contributed by atoms with van der Waals surface area (Å²) in [5.41, 5.74) is 0.792. The summed E-state index contributed by atoms with van der Waals surface area (Å²) >= 11 is 0. The van der Waals surface area contributed by atoms with Crippen LogP contribution in [0.4, 0.5) is 0 Å². The van der Waals surface area contributed by atoms with Crippen LogP contribution in [0.1, 0.15) is 70.8 Å². The van der Waals surface area contributed by atoms with Gasteiger partial charge >= 0.3 is 0 Å². The monoisotopic (exact) mass is 398 g/mol. The second-order valence-corrected chi connectivity index (χ2v) is 8.96. The van der Waals surface area contributed by atoms with Crippen LogP contribution >= 0.6 is 0 Å². The molecule has 0 radical (unpaired) electrons. The Morgan fingerprint density at radius 3 is 2.45 bits per heavy atom. The molecule has 29 heavy (non-hydrogen) atoms. The molecule has 1 saturated heterocycles. The first-order valence-electron chi connectivity index (χ1n) is 11.5. The summed E-state index contributed by atoms with van der Waals surface area (Å²) in [5.74, 6) is -0.190. The van der Waals surface area contributed by atoms with Crippen molar-refractivity contribution >= 4 is 5.91 Å². The van der Waals surface area contributed by atoms with Gasteiger partial charge < -0.3 is 10.4 Å². The minimum Gasteiger partial charge on any atom is -0.375 e.